The number of rotatable bonds is 35. The van der Waals surface area contributed by atoms with E-state index in [0.717, 1.165) is 0 Å². The molecular weight excluding hydrogens is 575 g/mol. The first kappa shape index (κ1) is 47.0. The van der Waals surface area contributed by atoms with Crippen molar-refractivity contribution in [3.8, 4) is 0 Å². The highest BCUT2D eigenvalue weighted by molar-refractivity contribution is 7.85. The monoisotopic (exact) mass is 661 g/mol. The molecule has 0 atom stereocenters. The summed E-state index contributed by atoms with van der Waals surface area (Å²) < 4.78 is 28.9. The maximum atomic E-state index is 9.79. The lowest BCUT2D eigenvalue weighted by Gasteiger charge is -2.35. The fourth-order valence-corrected chi connectivity index (χ4v) is 7.05. The molecule has 0 spiro atoms. The second-order valence-electron chi connectivity index (χ2n) is 14.6. The van der Waals surface area contributed by atoms with Gasteiger partial charge in [0.25, 0.3) is 10.1 Å². The van der Waals surface area contributed by atoms with Gasteiger partial charge in [0, 0.05) is 0 Å². The van der Waals surface area contributed by atoms with E-state index < -0.39 is 10.1 Å². The summed E-state index contributed by atoms with van der Waals surface area (Å²) in [7, 11) is -1.07. The molecule has 0 aliphatic rings. The van der Waals surface area contributed by atoms with Gasteiger partial charge in [0.05, 0.1) is 32.4 Å². The van der Waals surface area contributed by atoms with Gasteiger partial charge in [-0.2, -0.15) is 8.42 Å². The van der Waals surface area contributed by atoms with Crippen LogP contribution in [-0.2, 0) is 10.1 Å². The van der Waals surface area contributed by atoms with Gasteiger partial charge in [-0.25, -0.2) is 0 Å². The van der Waals surface area contributed by atoms with E-state index in [-0.39, 0.29) is 5.75 Å². The highest BCUT2D eigenvalue weighted by Crippen LogP contribution is 2.18. The van der Waals surface area contributed by atoms with Gasteiger partial charge in [-0.05, 0) is 44.9 Å². The average Bonchev–Trinajstić information content (AvgIpc) is 3.00. The van der Waals surface area contributed by atoms with E-state index in [1.165, 1.54) is 217 Å². The van der Waals surface area contributed by atoms with E-state index in [1.807, 2.05) is 0 Å². The molecule has 45 heavy (non-hydrogen) atoms. The van der Waals surface area contributed by atoms with Crippen molar-refractivity contribution in [3.05, 3.63) is 0 Å². The molecule has 0 aliphatic carbocycles. The predicted octanol–water partition coefficient (Wildman–Crippen LogP) is 13.5. The zero-order chi connectivity index (χ0) is 33.7. The summed E-state index contributed by atoms with van der Waals surface area (Å²) in [4.78, 5) is 0. The minimum absolute atomic E-state index is 0.132. The highest BCUT2D eigenvalue weighted by Gasteiger charge is 2.20. The van der Waals surface area contributed by atoms with Crippen molar-refractivity contribution in [2.75, 3.05) is 32.4 Å². The first-order valence-electron chi connectivity index (χ1n) is 20.5. The molecule has 274 valence electrons. The Kier molecular flexibility index (Phi) is 38.3. The summed E-state index contributed by atoms with van der Waals surface area (Å²) in [5.74, 6) is -0.132. The number of hydrogen-bond donors (Lipinski definition) is 1. The van der Waals surface area contributed by atoms with Crippen LogP contribution in [0.2, 0.25) is 0 Å². The second-order valence-corrected chi connectivity index (χ2v) is 16.2. The van der Waals surface area contributed by atoms with Gasteiger partial charge < -0.3 is 4.48 Å². The Hall–Kier alpha value is -0.130. The largest absolute Gasteiger partial charge is 0.326 e. The quantitative estimate of drug-likeness (QED) is 0.0418. The lowest BCUT2D eigenvalue weighted by Crippen LogP contribution is -2.46. The Balaban J connectivity index is 0. The molecule has 0 saturated heterocycles. The van der Waals surface area contributed by atoms with Gasteiger partial charge in [0.2, 0.25) is 0 Å². The Morgan fingerprint density at radius 3 is 0.711 bits per heavy atom. The van der Waals surface area contributed by atoms with Crippen molar-refractivity contribution in [1.29, 1.82) is 0 Å². The van der Waals surface area contributed by atoms with Crippen molar-refractivity contribution >= 4 is 10.1 Å². The molecule has 0 amide bonds. The Morgan fingerprint density at radius 2 is 0.556 bits per heavy atom. The van der Waals surface area contributed by atoms with Crippen LogP contribution < -0.4 is 0 Å². The van der Waals surface area contributed by atoms with E-state index in [2.05, 4.69) is 27.8 Å². The standard InChI is InChI=1S/C37H78N.C3H8O3S/c1-5-8-11-14-17-20-23-26-29-32-35-38(4,36-33-30-27-24-21-18-15-12-9-6-2)37-34-31-28-25-22-19-16-13-10-7-3;1-2-3-7(4,5)6/h5-37H2,1-4H3;2-3H2,1H3,(H,4,5,6)/q+1;. The van der Waals surface area contributed by atoms with Crippen LogP contribution in [0.4, 0.5) is 0 Å². The minimum atomic E-state index is -3.67. The van der Waals surface area contributed by atoms with E-state index in [0.29, 0.717) is 6.42 Å². The molecule has 0 heterocycles. The van der Waals surface area contributed by atoms with Crippen LogP contribution >= 0.6 is 0 Å². The van der Waals surface area contributed by atoms with Crippen LogP contribution in [0.3, 0.4) is 0 Å². The van der Waals surface area contributed by atoms with Crippen molar-refractivity contribution < 1.29 is 17.5 Å². The molecule has 4 nitrogen and oxygen atoms in total. The summed E-state index contributed by atoms with van der Waals surface area (Å²) in [5, 5.41) is 0. The zero-order valence-electron chi connectivity index (χ0n) is 31.9. The lowest BCUT2D eigenvalue weighted by atomic mass is 10.0. The molecule has 1 N–H and O–H groups in total. The van der Waals surface area contributed by atoms with Crippen LogP contribution in [0.5, 0.6) is 0 Å². The van der Waals surface area contributed by atoms with E-state index in [4.69, 9.17) is 4.55 Å². The minimum Gasteiger partial charge on any atom is -0.326 e. The molecule has 0 aromatic rings. The third-order valence-corrected chi connectivity index (χ3v) is 10.5. The summed E-state index contributed by atoms with van der Waals surface area (Å²) >= 11 is 0. The molecular formula is C40H86NO3S+. The smallest absolute Gasteiger partial charge is 0.264 e. The van der Waals surface area contributed by atoms with Crippen molar-refractivity contribution in [3.63, 3.8) is 0 Å². The van der Waals surface area contributed by atoms with Crippen LogP contribution in [0.25, 0.3) is 0 Å². The molecule has 0 unspecified atom stereocenters. The fraction of sp³-hybridized carbons (Fsp3) is 1.00. The molecule has 5 heteroatoms. The molecule has 0 aromatic carbocycles. The van der Waals surface area contributed by atoms with Crippen LogP contribution in [0, 0.1) is 0 Å². The van der Waals surface area contributed by atoms with Crippen molar-refractivity contribution in [2.24, 2.45) is 0 Å². The maximum Gasteiger partial charge on any atom is 0.264 e. The molecule has 0 saturated carbocycles. The van der Waals surface area contributed by atoms with Gasteiger partial charge in [-0.3, -0.25) is 4.55 Å². The van der Waals surface area contributed by atoms with Crippen molar-refractivity contribution in [1.82, 2.24) is 0 Å². The SMILES string of the molecule is CCCCCCCCCCCC[N+](C)(CCCCCCCCCCCC)CCCCCCCCCCCC.CCCS(=O)(=O)O. The average molecular weight is 661 g/mol. The summed E-state index contributed by atoms with van der Waals surface area (Å²) in [5.41, 5.74) is 0. The van der Waals surface area contributed by atoms with Gasteiger partial charge in [-0.1, -0.05) is 182 Å². The second kappa shape index (κ2) is 36.7. The highest BCUT2D eigenvalue weighted by atomic mass is 32.2. The Labute approximate surface area is 286 Å². The number of hydrogen-bond acceptors (Lipinski definition) is 2. The van der Waals surface area contributed by atoms with E-state index in [1.54, 1.807) is 6.92 Å². The third kappa shape index (κ3) is 41.8. The normalized spacial score (nSPS) is 12.0. The fourth-order valence-electron chi connectivity index (χ4n) is 6.54. The summed E-state index contributed by atoms with van der Waals surface area (Å²) in [6.07, 6.45) is 44.2. The molecule has 0 radical (unpaired) electrons. The van der Waals surface area contributed by atoms with Crippen LogP contribution in [0.1, 0.15) is 227 Å². The molecule has 0 bridgehead atoms. The van der Waals surface area contributed by atoms with E-state index in [9.17, 15) is 8.42 Å². The Bertz CT molecular complexity index is 592. The molecule has 0 aliphatic heterocycles. The van der Waals surface area contributed by atoms with E-state index >= 15 is 0 Å². The number of quaternary nitrogens is 1. The molecule has 0 aromatic heterocycles. The zero-order valence-corrected chi connectivity index (χ0v) is 32.7. The van der Waals surface area contributed by atoms with Gasteiger partial charge >= 0.3 is 0 Å². The molecule has 0 rings (SSSR count). The van der Waals surface area contributed by atoms with Crippen molar-refractivity contribution in [2.45, 2.75) is 227 Å². The summed E-state index contributed by atoms with van der Waals surface area (Å²) in [6, 6.07) is 0. The maximum absolute atomic E-state index is 9.79. The summed E-state index contributed by atoms with van der Waals surface area (Å²) in [6.45, 7) is 13.0. The Morgan fingerprint density at radius 1 is 0.356 bits per heavy atom. The van der Waals surface area contributed by atoms with Gasteiger partial charge in [-0.15, -0.1) is 0 Å². The topological polar surface area (TPSA) is 54.4 Å². The predicted molar refractivity (Wildman–Crippen MR) is 203 cm³/mol. The van der Waals surface area contributed by atoms with Crippen LogP contribution in [-0.4, -0.2) is 49.9 Å². The first-order chi connectivity index (χ1) is 21.7. The van der Waals surface area contributed by atoms with Gasteiger partial charge in [0.15, 0.2) is 0 Å². The van der Waals surface area contributed by atoms with Crippen LogP contribution in [0.15, 0.2) is 0 Å². The first-order valence-corrected chi connectivity index (χ1v) is 22.1. The lowest BCUT2D eigenvalue weighted by molar-refractivity contribution is -0.910. The number of unbranched alkanes of at least 4 members (excludes halogenated alkanes) is 27. The third-order valence-electron chi connectivity index (χ3n) is 9.62. The van der Waals surface area contributed by atoms with Gasteiger partial charge in [0.1, 0.15) is 0 Å². The molecule has 0 fully saturated rings. The number of nitrogens with zero attached hydrogens (tertiary/aromatic N) is 1.